The number of rotatable bonds is 9. The van der Waals surface area contributed by atoms with Crippen molar-refractivity contribution in [1.29, 1.82) is 0 Å². The van der Waals surface area contributed by atoms with Crippen LogP contribution in [0.3, 0.4) is 0 Å². The Kier molecular flexibility index (Phi) is 7.60. The summed E-state index contributed by atoms with van der Waals surface area (Å²) in [6.07, 6.45) is 0.755. The quantitative estimate of drug-likeness (QED) is 0.497. The number of aliphatic hydroxyl groups is 1. The predicted octanol–water partition coefficient (Wildman–Crippen LogP) is 4.81. The first-order valence-corrected chi connectivity index (χ1v) is 11.5. The van der Waals surface area contributed by atoms with Gasteiger partial charge in [-0.1, -0.05) is 72.8 Å². The van der Waals surface area contributed by atoms with Crippen LogP contribution >= 0.6 is 0 Å². The largest absolute Gasteiger partial charge is 0.496 e. The van der Waals surface area contributed by atoms with Crippen LogP contribution in [0.5, 0.6) is 5.75 Å². The summed E-state index contributed by atoms with van der Waals surface area (Å²) in [7, 11) is 1.60. The van der Waals surface area contributed by atoms with Crippen molar-refractivity contribution in [2.45, 2.75) is 31.2 Å². The normalized spacial score (nSPS) is 16.2. The minimum absolute atomic E-state index is 0.0408. The molecular formula is C28H29NO5. The van der Waals surface area contributed by atoms with E-state index in [4.69, 9.17) is 9.47 Å². The minimum atomic E-state index is -0.618. The second-order valence-electron chi connectivity index (χ2n) is 8.37. The first-order chi connectivity index (χ1) is 16.6. The maximum atomic E-state index is 13.7. The third-order valence-electron chi connectivity index (χ3n) is 6.17. The summed E-state index contributed by atoms with van der Waals surface area (Å²) < 4.78 is 10.9. The molecule has 0 saturated carbocycles. The van der Waals surface area contributed by atoms with Gasteiger partial charge in [0.2, 0.25) is 5.91 Å². The number of imide groups is 1. The Balaban J connectivity index is 1.64. The van der Waals surface area contributed by atoms with Gasteiger partial charge in [-0.25, -0.2) is 9.69 Å². The first kappa shape index (κ1) is 23.5. The maximum Gasteiger partial charge on any atom is 0.417 e. The summed E-state index contributed by atoms with van der Waals surface area (Å²) in [6, 6.07) is 24.9. The van der Waals surface area contributed by atoms with Gasteiger partial charge in [-0.05, 0) is 42.0 Å². The van der Waals surface area contributed by atoms with Crippen LogP contribution in [0.1, 0.15) is 29.9 Å². The Morgan fingerprint density at radius 3 is 2.47 bits per heavy atom. The lowest BCUT2D eigenvalue weighted by Crippen LogP contribution is -2.43. The predicted molar refractivity (Wildman–Crippen MR) is 130 cm³/mol. The van der Waals surface area contributed by atoms with E-state index in [1.807, 2.05) is 78.9 Å². The zero-order valence-corrected chi connectivity index (χ0v) is 19.2. The first-order valence-electron chi connectivity index (χ1n) is 11.5. The molecule has 2 atom stereocenters. The average molecular weight is 460 g/mol. The number of amides is 2. The van der Waals surface area contributed by atoms with Gasteiger partial charge in [-0.3, -0.25) is 4.79 Å². The van der Waals surface area contributed by atoms with E-state index in [2.05, 4.69) is 0 Å². The molecule has 6 nitrogen and oxygen atoms in total. The van der Waals surface area contributed by atoms with Crippen molar-refractivity contribution in [3.63, 3.8) is 0 Å². The summed E-state index contributed by atoms with van der Waals surface area (Å²) in [4.78, 5) is 27.6. The van der Waals surface area contributed by atoms with Crippen molar-refractivity contribution in [3.8, 4) is 16.9 Å². The van der Waals surface area contributed by atoms with Gasteiger partial charge in [0.05, 0.1) is 19.1 Å². The van der Waals surface area contributed by atoms with Crippen LogP contribution in [-0.2, 0) is 16.0 Å². The van der Waals surface area contributed by atoms with Gasteiger partial charge in [0.25, 0.3) is 0 Å². The molecule has 3 aromatic carbocycles. The van der Waals surface area contributed by atoms with E-state index >= 15 is 0 Å². The number of carbonyl (C=O) groups excluding carboxylic acids is 2. The van der Waals surface area contributed by atoms with E-state index in [1.54, 1.807) is 7.11 Å². The van der Waals surface area contributed by atoms with Crippen molar-refractivity contribution in [1.82, 2.24) is 4.90 Å². The Labute approximate surface area is 199 Å². The smallest absolute Gasteiger partial charge is 0.417 e. The molecule has 1 fully saturated rings. The van der Waals surface area contributed by atoms with Gasteiger partial charge in [0.15, 0.2) is 0 Å². The molecule has 1 saturated heterocycles. The molecule has 1 heterocycles. The van der Waals surface area contributed by atoms with Gasteiger partial charge in [-0.15, -0.1) is 0 Å². The molecular weight excluding hydrogens is 430 g/mol. The summed E-state index contributed by atoms with van der Waals surface area (Å²) in [5.41, 5.74) is 3.70. The summed E-state index contributed by atoms with van der Waals surface area (Å²) >= 11 is 0. The van der Waals surface area contributed by atoms with E-state index in [-0.39, 0.29) is 25.2 Å². The number of aliphatic hydroxyl groups excluding tert-OH is 1. The minimum Gasteiger partial charge on any atom is -0.496 e. The Morgan fingerprint density at radius 2 is 1.79 bits per heavy atom. The van der Waals surface area contributed by atoms with E-state index < -0.39 is 12.0 Å². The number of methoxy groups -OCH3 is 1. The summed E-state index contributed by atoms with van der Waals surface area (Å²) in [5.74, 6) is -0.267. The summed E-state index contributed by atoms with van der Waals surface area (Å²) in [5, 5.41) is 9.46. The molecule has 6 heteroatoms. The van der Waals surface area contributed by atoms with E-state index in [1.165, 1.54) is 4.90 Å². The highest BCUT2D eigenvalue weighted by Crippen LogP contribution is 2.35. The zero-order chi connectivity index (χ0) is 23.9. The van der Waals surface area contributed by atoms with E-state index in [0.29, 0.717) is 25.0 Å². The lowest BCUT2D eigenvalue weighted by Gasteiger charge is -2.26. The van der Waals surface area contributed by atoms with Crippen molar-refractivity contribution < 1.29 is 24.2 Å². The van der Waals surface area contributed by atoms with Crippen LogP contribution in [0, 0.1) is 0 Å². The number of hydrogen-bond acceptors (Lipinski definition) is 5. The Bertz CT molecular complexity index is 1120. The van der Waals surface area contributed by atoms with Gasteiger partial charge in [0, 0.05) is 12.2 Å². The van der Waals surface area contributed by atoms with Crippen molar-refractivity contribution >= 4 is 12.0 Å². The second kappa shape index (κ2) is 11.0. The topological polar surface area (TPSA) is 76.1 Å². The van der Waals surface area contributed by atoms with Crippen LogP contribution in [0.4, 0.5) is 4.79 Å². The lowest BCUT2D eigenvalue weighted by molar-refractivity contribution is -0.131. The Morgan fingerprint density at radius 1 is 1.09 bits per heavy atom. The monoisotopic (exact) mass is 459 g/mol. The molecule has 0 radical (unpaired) electrons. The van der Waals surface area contributed by atoms with Crippen LogP contribution in [0.2, 0.25) is 0 Å². The van der Waals surface area contributed by atoms with Crippen LogP contribution in [-0.4, -0.2) is 48.4 Å². The van der Waals surface area contributed by atoms with Crippen molar-refractivity contribution in [2.24, 2.45) is 0 Å². The second-order valence-corrected chi connectivity index (χ2v) is 8.37. The molecule has 176 valence electrons. The van der Waals surface area contributed by atoms with Gasteiger partial charge >= 0.3 is 6.09 Å². The van der Waals surface area contributed by atoms with Gasteiger partial charge < -0.3 is 14.6 Å². The lowest BCUT2D eigenvalue weighted by atomic mass is 9.90. The molecule has 0 aromatic heterocycles. The molecule has 0 bridgehead atoms. The van der Waals surface area contributed by atoms with E-state index in [0.717, 1.165) is 22.3 Å². The molecule has 34 heavy (non-hydrogen) atoms. The number of ether oxygens (including phenoxy) is 2. The van der Waals surface area contributed by atoms with Crippen molar-refractivity contribution in [2.75, 3.05) is 20.3 Å². The average Bonchev–Trinajstić information content (AvgIpc) is 3.24. The molecule has 3 aromatic rings. The highest BCUT2D eigenvalue weighted by atomic mass is 16.6. The van der Waals surface area contributed by atoms with E-state index in [9.17, 15) is 14.7 Å². The number of cyclic esters (lactones) is 1. The number of hydrogen-bond donors (Lipinski definition) is 1. The molecule has 2 amide bonds. The van der Waals surface area contributed by atoms with Gasteiger partial charge in [-0.2, -0.15) is 0 Å². The van der Waals surface area contributed by atoms with Crippen LogP contribution < -0.4 is 4.74 Å². The fourth-order valence-electron chi connectivity index (χ4n) is 4.44. The molecule has 1 aliphatic heterocycles. The molecule has 1 aliphatic rings. The third kappa shape index (κ3) is 5.13. The zero-order valence-electron chi connectivity index (χ0n) is 19.2. The molecule has 0 spiro atoms. The molecule has 0 aliphatic carbocycles. The Hall–Kier alpha value is -3.64. The fraction of sp³-hybridized carbons (Fsp3) is 0.286. The standard InChI is InChI=1S/C28H29NO5/c1-33-26-18-22(14-15-24(26)21-11-6-3-7-12-21)25(13-8-16-30)27(31)29-23(19-34-28(29)32)17-20-9-4-2-5-10-20/h2-7,9-12,14-15,18,23,25,30H,8,13,16-17,19H2,1H3. The molecule has 1 N–H and O–H groups in total. The van der Waals surface area contributed by atoms with Gasteiger partial charge in [0.1, 0.15) is 12.4 Å². The molecule has 4 rings (SSSR count). The highest BCUT2D eigenvalue weighted by Gasteiger charge is 2.41. The maximum absolute atomic E-state index is 13.7. The fourth-order valence-corrected chi connectivity index (χ4v) is 4.44. The van der Waals surface area contributed by atoms with Crippen LogP contribution in [0.15, 0.2) is 78.9 Å². The number of carbonyl (C=O) groups is 2. The molecule has 2 unspecified atom stereocenters. The SMILES string of the molecule is COc1cc(C(CCCO)C(=O)N2C(=O)OCC2Cc2ccccc2)ccc1-c1ccccc1. The van der Waals surface area contributed by atoms with Crippen molar-refractivity contribution in [3.05, 3.63) is 90.0 Å². The number of nitrogens with zero attached hydrogens (tertiary/aromatic N) is 1. The summed E-state index contributed by atoms with van der Waals surface area (Å²) in [6.45, 7) is 0.128. The highest BCUT2D eigenvalue weighted by molar-refractivity contribution is 5.97. The number of benzene rings is 3. The third-order valence-corrected chi connectivity index (χ3v) is 6.17. The van der Waals surface area contributed by atoms with Crippen LogP contribution in [0.25, 0.3) is 11.1 Å².